The van der Waals surface area contributed by atoms with Crippen molar-refractivity contribution in [1.29, 1.82) is 0 Å². The number of nitrogens with zero attached hydrogens (tertiary/aromatic N) is 3. The van der Waals surface area contributed by atoms with Crippen LogP contribution in [0.15, 0.2) is 23.2 Å². The summed E-state index contributed by atoms with van der Waals surface area (Å²) in [5.41, 5.74) is 0.770. The summed E-state index contributed by atoms with van der Waals surface area (Å²) in [4.78, 5) is 33.4. The summed E-state index contributed by atoms with van der Waals surface area (Å²) in [6.07, 6.45) is 1.56. The van der Waals surface area contributed by atoms with Crippen LogP contribution in [0.5, 0.6) is 5.75 Å². The molecule has 1 aromatic heterocycles. The number of carboxylic acid groups (broad SMARTS) is 1. The predicted octanol–water partition coefficient (Wildman–Crippen LogP) is 3.47. The fraction of sp³-hybridized carbons (Fsp3) is 0.412. The normalized spacial score (nSPS) is 16.5. The number of rotatable bonds is 6. The number of aliphatic imine (C=N–C) groups is 1. The number of aromatic nitrogens is 1. The zero-order chi connectivity index (χ0) is 18.7. The number of carbonyl (C=O) groups excluding carboxylic acids is 1. The maximum absolute atomic E-state index is 12.1. The summed E-state index contributed by atoms with van der Waals surface area (Å²) >= 11 is 2.81. The van der Waals surface area contributed by atoms with Crippen molar-refractivity contribution in [3.63, 3.8) is 0 Å². The van der Waals surface area contributed by atoms with E-state index in [9.17, 15) is 9.59 Å². The lowest BCUT2D eigenvalue weighted by molar-refractivity contribution is -0.137. The highest BCUT2D eigenvalue weighted by Crippen LogP contribution is 2.31. The Kier molecular flexibility index (Phi) is 5.77. The van der Waals surface area contributed by atoms with Crippen LogP contribution in [0.4, 0.5) is 4.79 Å². The molecule has 1 aromatic carbocycles. The lowest BCUT2D eigenvalue weighted by Gasteiger charge is -2.16. The molecule has 0 saturated heterocycles. The Bertz CT molecular complexity index is 865. The number of fused-ring (bicyclic) bond motifs is 1. The molecule has 2 heterocycles. The van der Waals surface area contributed by atoms with Gasteiger partial charge in [-0.15, -0.1) is 23.1 Å². The molecular weight excluding hydrogens is 374 g/mol. The molecule has 0 radical (unpaired) electrons. The van der Waals surface area contributed by atoms with E-state index in [1.54, 1.807) is 30.1 Å². The number of hydrogen-bond acceptors (Lipinski definition) is 7. The molecule has 3 rings (SSSR count). The van der Waals surface area contributed by atoms with Gasteiger partial charge < -0.3 is 14.7 Å². The van der Waals surface area contributed by atoms with Crippen LogP contribution in [0, 0.1) is 0 Å². The Morgan fingerprint density at radius 1 is 1.42 bits per heavy atom. The molecule has 0 fully saturated rings. The van der Waals surface area contributed by atoms with Crippen molar-refractivity contribution in [1.82, 2.24) is 9.88 Å². The van der Waals surface area contributed by atoms with Crippen LogP contribution in [-0.4, -0.2) is 57.5 Å². The minimum Gasteiger partial charge on any atom is -0.480 e. The first kappa shape index (κ1) is 18.7. The van der Waals surface area contributed by atoms with Gasteiger partial charge in [0, 0.05) is 25.4 Å². The predicted molar refractivity (Wildman–Crippen MR) is 104 cm³/mol. The molecule has 1 atom stereocenters. The van der Waals surface area contributed by atoms with Crippen LogP contribution < -0.4 is 4.74 Å². The van der Waals surface area contributed by atoms with E-state index < -0.39 is 12.0 Å². The zero-order valence-corrected chi connectivity index (χ0v) is 16.1. The third kappa shape index (κ3) is 4.16. The van der Waals surface area contributed by atoms with Crippen LogP contribution >= 0.6 is 23.1 Å². The molecular formula is C17H19N3O4S2. The molecule has 0 aliphatic carbocycles. The van der Waals surface area contributed by atoms with Crippen LogP contribution in [-0.2, 0) is 4.79 Å². The molecule has 7 nitrogen and oxygen atoms in total. The highest BCUT2D eigenvalue weighted by atomic mass is 32.2. The number of carbonyl (C=O) groups is 2. The second-order valence-corrected chi connectivity index (χ2v) is 7.93. The average molecular weight is 393 g/mol. The molecule has 9 heteroatoms. The Labute approximate surface area is 159 Å². The van der Waals surface area contributed by atoms with Crippen LogP contribution in [0.25, 0.3) is 10.2 Å². The number of hydrogen-bond donors (Lipinski definition) is 1. The van der Waals surface area contributed by atoms with Gasteiger partial charge in [-0.2, -0.15) is 0 Å². The summed E-state index contributed by atoms with van der Waals surface area (Å²) in [6, 6.07) is 4.56. The van der Waals surface area contributed by atoms with Gasteiger partial charge in [0.2, 0.25) is 0 Å². The fourth-order valence-electron chi connectivity index (χ4n) is 2.34. The number of thiazole rings is 1. The first-order valence-corrected chi connectivity index (χ1v) is 10.1. The van der Waals surface area contributed by atoms with Crippen molar-refractivity contribution in [3.8, 4) is 5.75 Å². The fourth-order valence-corrected chi connectivity index (χ4v) is 4.43. The third-order valence-corrected chi connectivity index (χ3v) is 6.05. The Hall–Kier alpha value is -2.13. The molecule has 138 valence electrons. The smallest absolute Gasteiger partial charge is 0.414 e. The van der Waals surface area contributed by atoms with E-state index in [-0.39, 0.29) is 6.09 Å². The standard InChI is InChI=1S/C17H19N3O4S2/c1-3-4-7-20(2)17(23)24-10-5-6-11-13(8-10)26-15(18-11)14-19-12(9-25-14)16(21)22/h5-6,8,12H,3-4,7,9H2,1-2H3,(H,21,22). The molecule has 26 heavy (non-hydrogen) atoms. The van der Waals surface area contributed by atoms with Crippen molar-refractivity contribution >= 4 is 50.4 Å². The average Bonchev–Trinajstić information content (AvgIpc) is 3.25. The van der Waals surface area contributed by atoms with Crippen molar-refractivity contribution in [3.05, 3.63) is 23.2 Å². The SMILES string of the molecule is CCCCN(C)C(=O)Oc1ccc2nc(C3=NC(C(=O)O)CS3)sc2c1. The molecule has 1 aliphatic heterocycles. The van der Waals surface area contributed by atoms with Crippen LogP contribution in [0.1, 0.15) is 24.8 Å². The molecule has 0 spiro atoms. The minimum atomic E-state index is -0.921. The van der Waals surface area contributed by atoms with Crippen molar-refractivity contribution in [2.75, 3.05) is 19.3 Å². The van der Waals surface area contributed by atoms with E-state index in [0.717, 1.165) is 23.1 Å². The van der Waals surface area contributed by atoms with Crippen LogP contribution in [0.2, 0.25) is 0 Å². The van der Waals surface area contributed by atoms with Gasteiger partial charge in [-0.25, -0.2) is 14.6 Å². The molecule has 0 bridgehead atoms. The summed E-state index contributed by atoms with van der Waals surface area (Å²) < 4.78 is 6.28. The number of aliphatic carboxylic acids is 1. The van der Waals surface area contributed by atoms with Gasteiger partial charge in [-0.05, 0) is 18.6 Å². The third-order valence-electron chi connectivity index (χ3n) is 3.84. The second-order valence-electron chi connectivity index (χ2n) is 5.89. The quantitative estimate of drug-likeness (QED) is 0.808. The first-order valence-electron chi connectivity index (χ1n) is 8.25. The number of benzene rings is 1. The lowest BCUT2D eigenvalue weighted by Crippen LogP contribution is -2.30. The van der Waals surface area contributed by atoms with Gasteiger partial charge >= 0.3 is 12.1 Å². The molecule has 1 amide bonds. The molecule has 1 unspecified atom stereocenters. The number of carboxylic acids is 1. The molecule has 2 aromatic rings. The van der Waals surface area contributed by atoms with Gasteiger partial charge in [0.15, 0.2) is 6.04 Å². The lowest BCUT2D eigenvalue weighted by atomic mass is 10.3. The van der Waals surface area contributed by atoms with Gasteiger partial charge in [0.25, 0.3) is 0 Å². The summed E-state index contributed by atoms with van der Waals surface area (Å²) in [5.74, 6) is -0.0337. The molecule has 0 saturated carbocycles. The highest BCUT2D eigenvalue weighted by Gasteiger charge is 2.27. The number of unbranched alkanes of at least 4 members (excludes halogenated alkanes) is 1. The van der Waals surface area contributed by atoms with Crippen molar-refractivity contribution < 1.29 is 19.4 Å². The summed E-state index contributed by atoms with van der Waals surface area (Å²) in [5, 5.41) is 10.4. The summed E-state index contributed by atoms with van der Waals surface area (Å²) in [7, 11) is 1.72. The Morgan fingerprint density at radius 3 is 2.92 bits per heavy atom. The summed E-state index contributed by atoms with van der Waals surface area (Å²) in [6.45, 7) is 2.73. The van der Waals surface area contributed by atoms with E-state index in [4.69, 9.17) is 9.84 Å². The highest BCUT2D eigenvalue weighted by molar-refractivity contribution is 8.15. The van der Waals surface area contributed by atoms with Gasteiger partial charge in [0.1, 0.15) is 15.8 Å². The maximum atomic E-state index is 12.1. The maximum Gasteiger partial charge on any atom is 0.414 e. The Morgan fingerprint density at radius 2 is 2.23 bits per heavy atom. The van der Waals surface area contributed by atoms with E-state index in [0.29, 0.717) is 28.1 Å². The monoisotopic (exact) mass is 393 g/mol. The Balaban J connectivity index is 1.75. The van der Waals surface area contributed by atoms with Crippen molar-refractivity contribution in [2.45, 2.75) is 25.8 Å². The zero-order valence-electron chi connectivity index (χ0n) is 14.5. The van der Waals surface area contributed by atoms with E-state index in [1.165, 1.54) is 23.1 Å². The first-order chi connectivity index (χ1) is 12.5. The number of thioether (sulfide) groups is 1. The topological polar surface area (TPSA) is 92.1 Å². The minimum absolute atomic E-state index is 0.387. The number of amides is 1. The molecule has 1 aliphatic rings. The van der Waals surface area contributed by atoms with Gasteiger partial charge in [0.05, 0.1) is 10.2 Å². The van der Waals surface area contributed by atoms with Gasteiger partial charge in [-0.1, -0.05) is 13.3 Å². The second kappa shape index (κ2) is 8.05. The van der Waals surface area contributed by atoms with E-state index in [2.05, 4.69) is 16.9 Å². The molecule has 1 N–H and O–H groups in total. The van der Waals surface area contributed by atoms with Gasteiger partial charge in [-0.3, -0.25) is 4.99 Å². The van der Waals surface area contributed by atoms with E-state index in [1.807, 2.05) is 0 Å². The van der Waals surface area contributed by atoms with Crippen molar-refractivity contribution in [2.24, 2.45) is 4.99 Å². The van der Waals surface area contributed by atoms with E-state index >= 15 is 0 Å². The van der Waals surface area contributed by atoms with Crippen LogP contribution in [0.3, 0.4) is 0 Å². The largest absolute Gasteiger partial charge is 0.480 e. The number of ether oxygens (including phenoxy) is 1.